The Bertz CT molecular complexity index is 781. The number of carbonyl (C=O) groups excluding carboxylic acids is 1. The van der Waals surface area contributed by atoms with Crippen LogP contribution in [0.4, 0.5) is 5.69 Å². The molecule has 3 aromatic rings. The van der Waals surface area contributed by atoms with Gasteiger partial charge in [-0.05, 0) is 46.3 Å². The first-order valence-electron chi connectivity index (χ1n) is 6.15. The Morgan fingerprint density at radius 2 is 1.85 bits per heavy atom. The molecule has 4 heteroatoms. The molecule has 1 N–H and O–H groups in total. The fraction of sp³-hybridized carbons (Fsp3) is 0. The number of nitrogens with zero attached hydrogens (tertiary/aromatic N) is 1. The minimum absolute atomic E-state index is 0.143. The standard InChI is InChI=1S/C16H11BrN2O/c17-13-7-1-2-8-15(13)19-16(20)12-5-3-9-14-11(12)6-4-10-18-14/h1-10H,(H,19,20). The lowest BCUT2D eigenvalue weighted by atomic mass is 10.1. The summed E-state index contributed by atoms with van der Waals surface area (Å²) >= 11 is 3.42. The van der Waals surface area contributed by atoms with E-state index < -0.39 is 0 Å². The van der Waals surface area contributed by atoms with E-state index in [0.717, 1.165) is 21.1 Å². The first-order chi connectivity index (χ1) is 9.75. The third-order valence-corrected chi connectivity index (χ3v) is 3.70. The number of carbonyl (C=O) groups is 1. The second-order valence-corrected chi connectivity index (χ2v) is 5.16. The van der Waals surface area contributed by atoms with E-state index in [-0.39, 0.29) is 5.91 Å². The lowest BCUT2D eigenvalue weighted by Gasteiger charge is -2.09. The minimum Gasteiger partial charge on any atom is -0.321 e. The number of aromatic nitrogens is 1. The maximum absolute atomic E-state index is 12.4. The van der Waals surface area contributed by atoms with Crippen molar-refractivity contribution in [3.63, 3.8) is 0 Å². The highest BCUT2D eigenvalue weighted by Crippen LogP contribution is 2.23. The van der Waals surface area contributed by atoms with Gasteiger partial charge in [0.25, 0.3) is 5.91 Å². The lowest BCUT2D eigenvalue weighted by Crippen LogP contribution is -2.12. The van der Waals surface area contributed by atoms with Gasteiger partial charge in [0.1, 0.15) is 0 Å². The smallest absolute Gasteiger partial charge is 0.256 e. The van der Waals surface area contributed by atoms with Crippen LogP contribution in [0, 0.1) is 0 Å². The number of hydrogen-bond donors (Lipinski definition) is 1. The highest BCUT2D eigenvalue weighted by Gasteiger charge is 2.11. The summed E-state index contributed by atoms with van der Waals surface area (Å²) in [4.78, 5) is 16.7. The molecule has 0 aliphatic carbocycles. The molecule has 0 aliphatic heterocycles. The molecule has 3 nitrogen and oxygen atoms in total. The fourth-order valence-corrected chi connectivity index (χ4v) is 2.44. The summed E-state index contributed by atoms with van der Waals surface area (Å²) in [5.74, 6) is -0.143. The van der Waals surface area contributed by atoms with Gasteiger partial charge in [0.2, 0.25) is 0 Å². The Morgan fingerprint density at radius 3 is 2.70 bits per heavy atom. The summed E-state index contributed by atoms with van der Waals surface area (Å²) in [5, 5.41) is 3.75. The van der Waals surface area contributed by atoms with Crippen molar-refractivity contribution < 1.29 is 4.79 Å². The monoisotopic (exact) mass is 326 g/mol. The molecule has 3 rings (SSSR count). The molecular formula is C16H11BrN2O. The number of rotatable bonds is 2. The number of anilines is 1. The van der Waals surface area contributed by atoms with Gasteiger partial charge in [0, 0.05) is 21.6 Å². The summed E-state index contributed by atoms with van der Waals surface area (Å²) < 4.78 is 0.853. The molecular weight excluding hydrogens is 316 g/mol. The van der Waals surface area contributed by atoms with E-state index in [1.807, 2.05) is 48.5 Å². The topological polar surface area (TPSA) is 42.0 Å². The third-order valence-electron chi connectivity index (χ3n) is 3.01. The van der Waals surface area contributed by atoms with Crippen molar-refractivity contribution in [1.82, 2.24) is 4.98 Å². The number of pyridine rings is 1. The number of nitrogens with one attached hydrogen (secondary N) is 1. The largest absolute Gasteiger partial charge is 0.321 e. The van der Waals surface area contributed by atoms with Gasteiger partial charge < -0.3 is 5.32 Å². The fourth-order valence-electron chi connectivity index (χ4n) is 2.05. The van der Waals surface area contributed by atoms with Crippen LogP contribution in [-0.4, -0.2) is 10.9 Å². The molecule has 0 spiro atoms. The summed E-state index contributed by atoms with van der Waals surface area (Å²) in [5.41, 5.74) is 2.18. The van der Waals surface area contributed by atoms with Gasteiger partial charge in [-0.1, -0.05) is 24.3 Å². The molecule has 0 radical (unpaired) electrons. The molecule has 1 aromatic heterocycles. The van der Waals surface area contributed by atoms with Crippen molar-refractivity contribution in [3.05, 3.63) is 70.8 Å². The number of fused-ring (bicyclic) bond motifs is 1. The van der Waals surface area contributed by atoms with Gasteiger partial charge in [-0.15, -0.1) is 0 Å². The van der Waals surface area contributed by atoms with Gasteiger partial charge in [0.15, 0.2) is 0 Å². The maximum Gasteiger partial charge on any atom is 0.256 e. The van der Waals surface area contributed by atoms with E-state index in [2.05, 4.69) is 26.2 Å². The average molecular weight is 327 g/mol. The van der Waals surface area contributed by atoms with Crippen LogP contribution in [0.5, 0.6) is 0 Å². The molecule has 1 amide bonds. The number of para-hydroxylation sites is 1. The summed E-state index contributed by atoms with van der Waals surface area (Å²) in [6.07, 6.45) is 1.72. The zero-order valence-corrected chi connectivity index (χ0v) is 12.1. The number of hydrogen-bond acceptors (Lipinski definition) is 2. The Balaban J connectivity index is 1.99. The van der Waals surface area contributed by atoms with Gasteiger partial charge >= 0.3 is 0 Å². The van der Waals surface area contributed by atoms with E-state index in [1.165, 1.54) is 0 Å². The van der Waals surface area contributed by atoms with E-state index in [0.29, 0.717) is 5.56 Å². The van der Waals surface area contributed by atoms with Crippen molar-refractivity contribution in [2.24, 2.45) is 0 Å². The van der Waals surface area contributed by atoms with Crippen LogP contribution in [0.2, 0.25) is 0 Å². The van der Waals surface area contributed by atoms with Crippen LogP contribution >= 0.6 is 15.9 Å². The molecule has 0 unspecified atom stereocenters. The van der Waals surface area contributed by atoms with Crippen molar-refractivity contribution in [2.75, 3.05) is 5.32 Å². The van der Waals surface area contributed by atoms with Crippen LogP contribution in [0.15, 0.2) is 65.3 Å². The summed E-state index contributed by atoms with van der Waals surface area (Å²) in [6.45, 7) is 0. The van der Waals surface area contributed by atoms with Crippen LogP contribution in [-0.2, 0) is 0 Å². The van der Waals surface area contributed by atoms with Crippen molar-refractivity contribution in [3.8, 4) is 0 Å². The van der Waals surface area contributed by atoms with Gasteiger partial charge in [0.05, 0.1) is 11.2 Å². The van der Waals surface area contributed by atoms with E-state index in [9.17, 15) is 4.79 Å². The minimum atomic E-state index is -0.143. The van der Waals surface area contributed by atoms with E-state index in [4.69, 9.17) is 0 Å². The molecule has 98 valence electrons. The summed E-state index contributed by atoms with van der Waals surface area (Å²) in [7, 11) is 0. The quantitative estimate of drug-likeness (QED) is 0.764. The lowest BCUT2D eigenvalue weighted by molar-refractivity contribution is 0.102. The van der Waals surface area contributed by atoms with Gasteiger partial charge in [-0.3, -0.25) is 9.78 Å². The molecule has 0 fully saturated rings. The van der Waals surface area contributed by atoms with E-state index in [1.54, 1.807) is 12.3 Å². The van der Waals surface area contributed by atoms with Crippen LogP contribution in [0.25, 0.3) is 10.9 Å². The molecule has 2 aromatic carbocycles. The first kappa shape index (κ1) is 12.8. The Hall–Kier alpha value is -2.20. The zero-order chi connectivity index (χ0) is 13.9. The maximum atomic E-state index is 12.4. The Morgan fingerprint density at radius 1 is 1.00 bits per heavy atom. The first-order valence-corrected chi connectivity index (χ1v) is 6.94. The highest BCUT2D eigenvalue weighted by atomic mass is 79.9. The van der Waals surface area contributed by atoms with Crippen LogP contribution in [0.1, 0.15) is 10.4 Å². The predicted octanol–water partition coefficient (Wildman–Crippen LogP) is 4.25. The number of benzene rings is 2. The molecule has 20 heavy (non-hydrogen) atoms. The molecule has 1 heterocycles. The third kappa shape index (κ3) is 2.42. The van der Waals surface area contributed by atoms with E-state index >= 15 is 0 Å². The predicted molar refractivity (Wildman–Crippen MR) is 83.8 cm³/mol. The molecule has 0 aliphatic rings. The average Bonchev–Trinajstić information content (AvgIpc) is 2.49. The van der Waals surface area contributed by atoms with Gasteiger partial charge in [-0.2, -0.15) is 0 Å². The van der Waals surface area contributed by atoms with Crippen LogP contribution in [0.3, 0.4) is 0 Å². The normalized spacial score (nSPS) is 10.4. The molecule has 0 saturated heterocycles. The van der Waals surface area contributed by atoms with Gasteiger partial charge in [-0.25, -0.2) is 0 Å². The number of amides is 1. The molecule has 0 atom stereocenters. The highest BCUT2D eigenvalue weighted by molar-refractivity contribution is 9.10. The summed E-state index contributed by atoms with van der Waals surface area (Å²) in [6, 6.07) is 16.8. The molecule has 0 bridgehead atoms. The number of halogens is 1. The second-order valence-electron chi connectivity index (χ2n) is 4.31. The Kier molecular flexibility index (Phi) is 3.48. The second kappa shape index (κ2) is 5.43. The van der Waals surface area contributed by atoms with Crippen LogP contribution < -0.4 is 5.32 Å². The van der Waals surface area contributed by atoms with Crippen molar-refractivity contribution in [1.29, 1.82) is 0 Å². The Labute approximate surface area is 124 Å². The SMILES string of the molecule is O=C(Nc1ccccc1Br)c1cccc2ncccc12. The van der Waals surface area contributed by atoms with Crippen molar-refractivity contribution in [2.45, 2.75) is 0 Å². The van der Waals surface area contributed by atoms with Crippen molar-refractivity contribution >= 4 is 38.4 Å². The molecule has 0 saturated carbocycles. The zero-order valence-electron chi connectivity index (χ0n) is 10.5.